The van der Waals surface area contributed by atoms with Crippen LogP contribution in [0.4, 0.5) is 4.39 Å². The fourth-order valence-corrected chi connectivity index (χ4v) is 3.09. The van der Waals surface area contributed by atoms with E-state index in [2.05, 4.69) is 10.6 Å². The molecule has 1 aliphatic rings. The van der Waals surface area contributed by atoms with E-state index in [0.29, 0.717) is 0 Å². The summed E-state index contributed by atoms with van der Waals surface area (Å²) in [6.07, 6.45) is 3.72. The molecule has 0 radical (unpaired) electrons. The summed E-state index contributed by atoms with van der Waals surface area (Å²) in [6.45, 7) is -0.236. The zero-order valence-electron chi connectivity index (χ0n) is 12.6. The van der Waals surface area contributed by atoms with Gasteiger partial charge in [-0.2, -0.15) is 0 Å². The van der Waals surface area contributed by atoms with Crippen LogP contribution in [0.1, 0.15) is 36.0 Å². The number of hydrogen-bond donors (Lipinski definition) is 3. The number of carbonyl (C=O) groups excluding carboxylic acids is 2. The van der Waals surface area contributed by atoms with Crippen LogP contribution >= 0.6 is 11.6 Å². The van der Waals surface area contributed by atoms with Gasteiger partial charge in [-0.1, -0.05) is 30.5 Å². The van der Waals surface area contributed by atoms with Crippen LogP contribution < -0.4 is 10.6 Å². The highest BCUT2D eigenvalue weighted by Crippen LogP contribution is 2.23. The summed E-state index contributed by atoms with van der Waals surface area (Å²) in [6, 6.07) is 3.86. The normalized spacial score (nSPS) is 20.8. The molecule has 2 amide bonds. The molecular weight excluding hydrogens is 323 g/mol. The second-order valence-corrected chi connectivity index (χ2v) is 6.09. The number of benzene rings is 1. The number of amides is 2. The fraction of sp³-hybridized carbons (Fsp3) is 0.500. The molecule has 1 aromatic rings. The molecule has 0 aliphatic heterocycles. The van der Waals surface area contributed by atoms with Gasteiger partial charge in [0.05, 0.1) is 17.1 Å². The molecule has 2 atom stereocenters. The molecule has 1 fully saturated rings. The molecule has 3 N–H and O–H groups in total. The van der Waals surface area contributed by atoms with E-state index in [-0.39, 0.29) is 41.6 Å². The Morgan fingerprint density at radius 3 is 2.74 bits per heavy atom. The van der Waals surface area contributed by atoms with E-state index in [4.69, 9.17) is 11.6 Å². The zero-order valence-corrected chi connectivity index (χ0v) is 13.4. The number of aliphatic hydroxyl groups is 1. The van der Waals surface area contributed by atoms with Gasteiger partial charge in [-0.15, -0.1) is 0 Å². The molecule has 126 valence electrons. The summed E-state index contributed by atoms with van der Waals surface area (Å²) in [5, 5.41) is 14.5. The molecule has 2 rings (SSSR count). The topological polar surface area (TPSA) is 78.4 Å². The molecule has 23 heavy (non-hydrogen) atoms. The Bertz CT molecular complexity index is 562. The lowest BCUT2D eigenvalue weighted by Gasteiger charge is -2.30. The molecule has 1 aliphatic carbocycles. The van der Waals surface area contributed by atoms with Crippen LogP contribution in [0.15, 0.2) is 18.2 Å². The van der Waals surface area contributed by atoms with Gasteiger partial charge in [0.15, 0.2) is 0 Å². The fourth-order valence-electron chi connectivity index (χ4n) is 2.84. The summed E-state index contributed by atoms with van der Waals surface area (Å²) in [5.74, 6) is -1.78. The Morgan fingerprint density at radius 1 is 1.30 bits per heavy atom. The van der Waals surface area contributed by atoms with Gasteiger partial charge >= 0.3 is 0 Å². The summed E-state index contributed by atoms with van der Waals surface area (Å²) in [4.78, 5) is 23.9. The van der Waals surface area contributed by atoms with Crippen molar-refractivity contribution >= 4 is 23.4 Å². The van der Waals surface area contributed by atoms with Crippen molar-refractivity contribution in [1.29, 1.82) is 0 Å². The van der Waals surface area contributed by atoms with Gasteiger partial charge in [-0.3, -0.25) is 9.59 Å². The number of halogens is 2. The third-order valence-corrected chi connectivity index (χ3v) is 4.40. The molecular formula is C16H20ClFN2O3. The van der Waals surface area contributed by atoms with E-state index in [1.54, 1.807) is 0 Å². The standard InChI is InChI=1S/C16H20ClFN2O3/c17-11-5-3-6-12(18)15(11)16(23)19-8-14(22)20-13-7-2-1-4-10(13)9-21/h3,5-6,10,13,21H,1-2,4,7-9H2,(H,19,23)(H,20,22)/t10-,13+/m1/s1. The monoisotopic (exact) mass is 342 g/mol. The Morgan fingerprint density at radius 2 is 2.04 bits per heavy atom. The minimum absolute atomic E-state index is 0.00414. The summed E-state index contributed by atoms with van der Waals surface area (Å²) in [5.41, 5.74) is -0.270. The van der Waals surface area contributed by atoms with Crippen molar-refractivity contribution in [3.63, 3.8) is 0 Å². The van der Waals surface area contributed by atoms with E-state index in [0.717, 1.165) is 31.7 Å². The molecule has 0 aromatic heterocycles. The third kappa shape index (κ3) is 4.65. The van der Waals surface area contributed by atoms with Crippen molar-refractivity contribution in [2.24, 2.45) is 5.92 Å². The first-order valence-corrected chi connectivity index (χ1v) is 8.03. The van der Waals surface area contributed by atoms with Gasteiger partial charge < -0.3 is 15.7 Å². The zero-order chi connectivity index (χ0) is 16.8. The molecule has 5 nitrogen and oxygen atoms in total. The lowest BCUT2D eigenvalue weighted by atomic mass is 9.85. The summed E-state index contributed by atoms with van der Waals surface area (Å²) >= 11 is 5.80. The van der Waals surface area contributed by atoms with Crippen molar-refractivity contribution < 1.29 is 19.1 Å². The van der Waals surface area contributed by atoms with Crippen LogP contribution in [-0.2, 0) is 4.79 Å². The van der Waals surface area contributed by atoms with Crippen molar-refractivity contribution in [2.45, 2.75) is 31.7 Å². The van der Waals surface area contributed by atoms with E-state index >= 15 is 0 Å². The van der Waals surface area contributed by atoms with Crippen LogP contribution in [0.2, 0.25) is 5.02 Å². The average Bonchev–Trinajstić information content (AvgIpc) is 2.53. The van der Waals surface area contributed by atoms with Crippen molar-refractivity contribution in [3.05, 3.63) is 34.6 Å². The van der Waals surface area contributed by atoms with Crippen LogP contribution in [0.5, 0.6) is 0 Å². The van der Waals surface area contributed by atoms with E-state index in [1.165, 1.54) is 12.1 Å². The minimum atomic E-state index is -0.733. The quantitative estimate of drug-likeness (QED) is 0.764. The number of nitrogens with one attached hydrogen (secondary N) is 2. The number of hydrogen-bond acceptors (Lipinski definition) is 3. The highest BCUT2D eigenvalue weighted by molar-refractivity contribution is 6.33. The number of rotatable bonds is 5. The highest BCUT2D eigenvalue weighted by atomic mass is 35.5. The van der Waals surface area contributed by atoms with Crippen LogP contribution in [-0.4, -0.2) is 36.1 Å². The second-order valence-electron chi connectivity index (χ2n) is 5.68. The van der Waals surface area contributed by atoms with Crippen LogP contribution in [0.25, 0.3) is 0 Å². The third-order valence-electron chi connectivity index (χ3n) is 4.09. The Kier molecular flexibility index (Phi) is 6.36. The first-order chi connectivity index (χ1) is 11.0. The smallest absolute Gasteiger partial charge is 0.256 e. The Balaban J connectivity index is 1.87. The molecule has 7 heteroatoms. The van der Waals surface area contributed by atoms with Gasteiger partial charge in [0.2, 0.25) is 5.91 Å². The first kappa shape index (κ1) is 17.7. The molecule has 0 spiro atoms. The lowest BCUT2D eigenvalue weighted by Crippen LogP contribution is -2.47. The number of carbonyl (C=O) groups is 2. The highest BCUT2D eigenvalue weighted by Gasteiger charge is 2.26. The predicted octanol–water partition coefficient (Wildman–Crippen LogP) is 1.88. The van der Waals surface area contributed by atoms with Gasteiger partial charge in [0, 0.05) is 18.6 Å². The Hall–Kier alpha value is -1.66. The van der Waals surface area contributed by atoms with E-state index in [1.807, 2.05) is 0 Å². The molecule has 0 unspecified atom stereocenters. The minimum Gasteiger partial charge on any atom is -0.396 e. The van der Waals surface area contributed by atoms with Gasteiger partial charge in [-0.25, -0.2) is 4.39 Å². The molecule has 0 saturated heterocycles. The predicted molar refractivity (Wildman–Crippen MR) is 84.7 cm³/mol. The molecule has 0 heterocycles. The maximum Gasteiger partial charge on any atom is 0.256 e. The average molecular weight is 343 g/mol. The molecule has 1 aromatic carbocycles. The molecule has 1 saturated carbocycles. The van der Waals surface area contributed by atoms with Crippen molar-refractivity contribution in [1.82, 2.24) is 10.6 Å². The largest absolute Gasteiger partial charge is 0.396 e. The second kappa shape index (κ2) is 8.26. The van der Waals surface area contributed by atoms with Crippen molar-refractivity contribution in [2.75, 3.05) is 13.2 Å². The first-order valence-electron chi connectivity index (χ1n) is 7.65. The SMILES string of the molecule is O=C(CNC(=O)c1c(F)cccc1Cl)N[C@H]1CCCC[C@@H]1CO. The van der Waals surface area contributed by atoms with E-state index in [9.17, 15) is 19.1 Å². The van der Waals surface area contributed by atoms with E-state index < -0.39 is 11.7 Å². The lowest BCUT2D eigenvalue weighted by molar-refractivity contribution is -0.121. The van der Waals surface area contributed by atoms with Gasteiger partial charge in [0.25, 0.3) is 5.91 Å². The number of aliphatic hydroxyl groups excluding tert-OH is 1. The maximum absolute atomic E-state index is 13.6. The molecule has 0 bridgehead atoms. The van der Waals surface area contributed by atoms with Gasteiger partial charge in [0.1, 0.15) is 5.82 Å². The Labute approximate surface area is 139 Å². The van der Waals surface area contributed by atoms with Crippen molar-refractivity contribution in [3.8, 4) is 0 Å². The maximum atomic E-state index is 13.6. The summed E-state index contributed by atoms with van der Waals surface area (Å²) in [7, 11) is 0. The van der Waals surface area contributed by atoms with Gasteiger partial charge in [-0.05, 0) is 25.0 Å². The van der Waals surface area contributed by atoms with Crippen LogP contribution in [0, 0.1) is 11.7 Å². The summed E-state index contributed by atoms with van der Waals surface area (Å²) < 4.78 is 13.6. The van der Waals surface area contributed by atoms with Crippen LogP contribution in [0.3, 0.4) is 0 Å².